The van der Waals surface area contributed by atoms with Crippen molar-refractivity contribution >= 4 is 19.8 Å². The number of phosphoric ester groups is 1. The maximum absolute atomic E-state index is 12.6. The fourth-order valence-electron chi connectivity index (χ4n) is 5.16. The van der Waals surface area contributed by atoms with Gasteiger partial charge in [-0.3, -0.25) is 18.6 Å². The highest BCUT2D eigenvalue weighted by molar-refractivity contribution is 7.47. The average Bonchev–Trinajstić information content (AvgIpc) is 3.17. The first-order chi connectivity index (χ1) is 27.0. The Labute approximate surface area is 337 Å². The largest absolute Gasteiger partial charge is 0.472 e. The van der Waals surface area contributed by atoms with Crippen LogP contribution in [0.1, 0.15) is 136 Å². The van der Waals surface area contributed by atoms with Crippen LogP contribution in [0.2, 0.25) is 0 Å². The highest BCUT2D eigenvalue weighted by atomic mass is 31.2. The molecule has 0 aromatic carbocycles. The molecule has 0 radical (unpaired) electrons. The van der Waals surface area contributed by atoms with E-state index in [0.717, 1.165) is 70.6 Å². The number of hydrogen-bond donors (Lipinski definition) is 5. The molecule has 0 aliphatic carbocycles. The number of aliphatic hydroxyl groups is 3. The van der Waals surface area contributed by atoms with Crippen LogP contribution in [0.3, 0.4) is 0 Å². The highest BCUT2D eigenvalue weighted by Crippen LogP contribution is 2.43. The highest BCUT2D eigenvalue weighted by Gasteiger charge is 2.26. The van der Waals surface area contributed by atoms with Crippen molar-refractivity contribution in [1.29, 1.82) is 0 Å². The van der Waals surface area contributed by atoms with Gasteiger partial charge in [0, 0.05) is 19.4 Å². The summed E-state index contributed by atoms with van der Waals surface area (Å²) in [6.45, 7) is 3.16. The zero-order valence-corrected chi connectivity index (χ0v) is 35.1. The van der Waals surface area contributed by atoms with Gasteiger partial charge in [-0.15, -0.1) is 0 Å². The summed E-state index contributed by atoms with van der Waals surface area (Å²) in [6.07, 6.45) is 34.4. The van der Waals surface area contributed by atoms with Gasteiger partial charge in [0.15, 0.2) is 6.10 Å². The Balaban J connectivity index is 4.56. The van der Waals surface area contributed by atoms with E-state index >= 15 is 0 Å². The molecule has 0 amide bonds. The van der Waals surface area contributed by atoms with E-state index in [-0.39, 0.29) is 38.8 Å². The van der Waals surface area contributed by atoms with Gasteiger partial charge in [0.1, 0.15) is 6.61 Å². The van der Waals surface area contributed by atoms with Crippen molar-refractivity contribution in [2.75, 3.05) is 26.4 Å². The molecule has 0 saturated heterocycles. The molecule has 6 N–H and O–H groups in total. The Hall–Kier alpha value is -2.67. The van der Waals surface area contributed by atoms with Gasteiger partial charge in [-0.2, -0.15) is 0 Å². The van der Waals surface area contributed by atoms with Crippen LogP contribution in [0, 0.1) is 0 Å². The lowest BCUT2D eigenvalue weighted by Crippen LogP contribution is -2.30. The molecule has 12 nitrogen and oxygen atoms in total. The average molecular weight is 812 g/mol. The Morgan fingerprint density at radius 2 is 1.25 bits per heavy atom. The van der Waals surface area contributed by atoms with Crippen LogP contribution in [0.25, 0.3) is 0 Å². The van der Waals surface area contributed by atoms with Gasteiger partial charge >= 0.3 is 19.8 Å². The minimum absolute atomic E-state index is 0.00140. The van der Waals surface area contributed by atoms with Crippen LogP contribution in [-0.4, -0.2) is 82.9 Å². The second kappa shape index (κ2) is 37.9. The molecule has 322 valence electrons. The molecule has 0 heterocycles. The van der Waals surface area contributed by atoms with Gasteiger partial charge in [-0.25, -0.2) is 4.57 Å². The number of aliphatic hydroxyl groups excluding tert-OH is 3. The lowest BCUT2D eigenvalue weighted by Gasteiger charge is -2.20. The molecule has 0 aliphatic heterocycles. The predicted octanol–water partition coefficient (Wildman–Crippen LogP) is 8.41. The molecule has 1 unspecified atom stereocenters. The Bertz CT molecular complexity index is 1200. The number of ether oxygens (including phenoxy) is 2. The van der Waals surface area contributed by atoms with E-state index in [9.17, 15) is 34.4 Å². The van der Waals surface area contributed by atoms with Crippen LogP contribution >= 0.6 is 7.82 Å². The minimum atomic E-state index is -4.47. The molecule has 0 rings (SSSR count). The summed E-state index contributed by atoms with van der Waals surface area (Å²) in [7, 11) is -4.47. The van der Waals surface area contributed by atoms with E-state index < -0.39 is 57.4 Å². The van der Waals surface area contributed by atoms with Gasteiger partial charge in [0.25, 0.3) is 0 Å². The van der Waals surface area contributed by atoms with Gasteiger partial charge in [-0.1, -0.05) is 138 Å². The molecule has 0 bridgehead atoms. The molecule has 5 atom stereocenters. The maximum atomic E-state index is 12.6. The van der Waals surface area contributed by atoms with Crippen LogP contribution < -0.4 is 5.73 Å². The third-order valence-corrected chi connectivity index (χ3v) is 9.42. The number of carbonyl (C=O) groups excluding carboxylic acids is 2. The summed E-state index contributed by atoms with van der Waals surface area (Å²) in [6, 6.07) is 0. The number of unbranched alkanes of at least 4 members (excludes halogenated alkanes) is 10. The molecule has 13 heteroatoms. The number of allylic oxidation sites excluding steroid dienone is 10. The first kappa shape index (κ1) is 53.3. The zero-order chi connectivity index (χ0) is 41.5. The predicted molar refractivity (Wildman–Crippen MR) is 224 cm³/mol. The van der Waals surface area contributed by atoms with Crippen molar-refractivity contribution in [3.63, 3.8) is 0 Å². The number of phosphoric acid groups is 1. The van der Waals surface area contributed by atoms with Gasteiger partial charge in [0.2, 0.25) is 0 Å². The summed E-state index contributed by atoms with van der Waals surface area (Å²) in [4.78, 5) is 34.9. The van der Waals surface area contributed by atoms with E-state index in [1.54, 1.807) is 42.5 Å². The van der Waals surface area contributed by atoms with Crippen LogP contribution in [0.5, 0.6) is 0 Å². The molecule has 0 spiro atoms. The fourth-order valence-corrected chi connectivity index (χ4v) is 5.93. The number of carbonyl (C=O) groups is 2. The molecule has 56 heavy (non-hydrogen) atoms. The van der Waals surface area contributed by atoms with Crippen molar-refractivity contribution in [1.82, 2.24) is 0 Å². The second-order valence-corrected chi connectivity index (χ2v) is 15.2. The van der Waals surface area contributed by atoms with Crippen LogP contribution in [-0.2, 0) is 32.7 Å². The molecule has 0 fully saturated rings. The quantitative estimate of drug-likeness (QED) is 0.0132. The van der Waals surface area contributed by atoms with Crippen LogP contribution in [0.15, 0.2) is 72.9 Å². The topological polar surface area (TPSA) is 195 Å². The molecule has 0 saturated carbocycles. The number of esters is 2. The van der Waals surface area contributed by atoms with E-state index in [2.05, 4.69) is 38.2 Å². The lowest BCUT2D eigenvalue weighted by molar-refractivity contribution is -0.161. The van der Waals surface area contributed by atoms with E-state index in [0.29, 0.717) is 6.42 Å². The smallest absolute Gasteiger partial charge is 0.462 e. The van der Waals surface area contributed by atoms with Gasteiger partial charge in [0.05, 0.1) is 31.5 Å². The monoisotopic (exact) mass is 811 g/mol. The second-order valence-electron chi connectivity index (χ2n) is 13.7. The minimum Gasteiger partial charge on any atom is -0.462 e. The summed E-state index contributed by atoms with van der Waals surface area (Å²) in [5, 5.41) is 30.4. The van der Waals surface area contributed by atoms with Crippen molar-refractivity contribution < 1.29 is 52.9 Å². The Morgan fingerprint density at radius 1 is 0.661 bits per heavy atom. The fraction of sp³-hybridized carbons (Fsp3) is 0.674. The lowest BCUT2D eigenvalue weighted by atomic mass is 10.1. The summed E-state index contributed by atoms with van der Waals surface area (Å²) in [5.74, 6) is -1.18. The Morgan fingerprint density at radius 3 is 1.93 bits per heavy atom. The van der Waals surface area contributed by atoms with Gasteiger partial charge in [-0.05, 0) is 57.8 Å². The molecule has 0 aromatic rings. The van der Waals surface area contributed by atoms with Crippen molar-refractivity contribution in [2.45, 2.75) is 160 Å². The van der Waals surface area contributed by atoms with Crippen molar-refractivity contribution in [3.8, 4) is 0 Å². The van der Waals surface area contributed by atoms with Crippen LogP contribution in [0.4, 0.5) is 0 Å². The molecule has 0 aromatic heterocycles. The van der Waals surface area contributed by atoms with E-state index in [4.69, 9.17) is 24.3 Å². The van der Waals surface area contributed by atoms with Crippen molar-refractivity contribution in [3.05, 3.63) is 72.9 Å². The number of rotatable bonds is 37. The number of hydrogen-bond acceptors (Lipinski definition) is 11. The van der Waals surface area contributed by atoms with E-state index in [1.807, 2.05) is 0 Å². The maximum Gasteiger partial charge on any atom is 0.472 e. The Kier molecular flexibility index (Phi) is 36.1. The summed E-state index contributed by atoms with van der Waals surface area (Å²) >= 11 is 0. The van der Waals surface area contributed by atoms with E-state index in [1.165, 1.54) is 25.3 Å². The SMILES string of the molecule is CCCCC/C=C\C/C=C\CCCCCCCC(=O)O[C@H](COC(=O)CCC[C@@H](O)[C@H](O)/C=C/C=C/C=C\C=C\[C@H](O)CCCCC)COP(=O)(O)OCCN. The standard InChI is InChI=1S/C43H74NO11P/c1-3-5-7-8-9-10-11-12-13-14-15-16-17-22-26-32-43(49)55-39(37-54-56(50,51)53-35-34-44)36-52-42(48)33-27-31-41(47)40(46)30-25-21-19-18-20-24-29-38(45)28-23-6-4-2/h9-10,12-13,18-21,24-25,29-30,38-41,45-47H,3-8,11,14-17,22-23,26-28,31-37,44H2,1-2H3,(H,50,51)/b10-9-,13-12-,20-18-,21-19+,29-24+,30-25+/t38-,39-,40-,41-/m1/s1. The summed E-state index contributed by atoms with van der Waals surface area (Å²) in [5.41, 5.74) is 5.32. The third-order valence-electron chi connectivity index (χ3n) is 8.43. The molecular formula is C43H74NO11P. The normalized spacial score (nSPS) is 15.8. The first-order valence-electron chi connectivity index (χ1n) is 20.7. The first-order valence-corrected chi connectivity index (χ1v) is 22.2. The third kappa shape index (κ3) is 35.7. The summed E-state index contributed by atoms with van der Waals surface area (Å²) < 4.78 is 32.5. The number of nitrogens with two attached hydrogens (primary N) is 1. The zero-order valence-electron chi connectivity index (χ0n) is 34.2. The molecule has 0 aliphatic rings. The van der Waals surface area contributed by atoms with Crippen molar-refractivity contribution in [2.24, 2.45) is 5.73 Å². The van der Waals surface area contributed by atoms with Gasteiger partial charge < -0.3 is 35.4 Å². The molecular weight excluding hydrogens is 737 g/mol.